The summed E-state index contributed by atoms with van der Waals surface area (Å²) in [6.45, 7) is 7.29. The average Bonchev–Trinajstić information content (AvgIpc) is 3.30. The lowest BCUT2D eigenvalue weighted by Crippen LogP contribution is -2.54. The topological polar surface area (TPSA) is 126 Å². The number of carbonyl (C=O) groups is 2. The van der Waals surface area contributed by atoms with E-state index < -0.39 is 35.6 Å². The van der Waals surface area contributed by atoms with Crippen LogP contribution in [0.15, 0.2) is 11.0 Å². The summed E-state index contributed by atoms with van der Waals surface area (Å²) in [6.07, 6.45) is 2.67. The third kappa shape index (κ3) is 6.36. The van der Waals surface area contributed by atoms with Gasteiger partial charge in [0.15, 0.2) is 0 Å². The third-order valence-electron chi connectivity index (χ3n) is 8.33. The van der Waals surface area contributed by atoms with Crippen molar-refractivity contribution in [2.24, 2.45) is 22.7 Å². The van der Waals surface area contributed by atoms with Crippen LogP contribution in [0, 0.1) is 22.7 Å². The van der Waals surface area contributed by atoms with Crippen molar-refractivity contribution in [2.75, 3.05) is 13.7 Å². The minimum absolute atomic E-state index is 0.00173. The Morgan fingerprint density at radius 3 is 2.64 bits per heavy atom. The zero-order valence-electron chi connectivity index (χ0n) is 22.0. The second kappa shape index (κ2) is 11.7. The van der Waals surface area contributed by atoms with Gasteiger partial charge < -0.3 is 24.8 Å². The predicted octanol–water partition coefficient (Wildman–Crippen LogP) is 3.77. The van der Waals surface area contributed by atoms with Crippen LogP contribution in [0.2, 0.25) is 0 Å². The number of fused-ring (bicyclic) bond motifs is 2. The van der Waals surface area contributed by atoms with Crippen molar-refractivity contribution in [1.82, 2.24) is 4.98 Å². The predicted molar refractivity (Wildman–Crippen MR) is 137 cm³/mol. The van der Waals surface area contributed by atoms with Crippen LogP contribution in [0.25, 0.3) is 6.08 Å². The lowest BCUT2D eigenvalue weighted by atomic mass is 9.60. The summed E-state index contributed by atoms with van der Waals surface area (Å²) in [5.74, 6) is -1.58. The molecule has 2 fully saturated rings. The molecule has 8 nitrogen and oxygen atoms in total. The number of nitrogens with zero attached hydrogens (tertiary/aromatic N) is 1. The van der Waals surface area contributed by atoms with Crippen molar-refractivity contribution in [3.8, 4) is 5.19 Å². The van der Waals surface area contributed by atoms with Gasteiger partial charge in [0.1, 0.15) is 11.9 Å². The Labute approximate surface area is 217 Å². The molecular weight excluding hydrogens is 482 g/mol. The van der Waals surface area contributed by atoms with Crippen LogP contribution < -0.4 is 4.74 Å². The highest BCUT2D eigenvalue weighted by atomic mass is 32.1. The maximum Gasteiger partial charge on any atom is 0.309 e. The number of aromatic nitrogens is 1. The fraction of sp³-hybridized carbons (Fsp3) is 0.741. The standard InChI is InChI=1S/C27H41NO7S/c1-16(11-19-14-36-25(28-19)34-5)20-8-10-26(3,15-29)9-6-7-18-13-27(4,21(30)12-22(31)35-20)24(33)17(2)23(18)32/h11,14,17-18,20-21,23,29-30,32H,6-10,12-13,15H2,1-5H3/b16-11+/t17-,18-,20+,21+,23-,26+,27-/m1/s1. The normalized spacial score (nSPS) is 37.2. The van der Waals surface area contributed by atoms with Crippen LogP contribution in [0.5, 0.6) is 5.19 Å². The maximum absolute atomic E-state index is 13.1. The number of esters is 1. The highest BCUT2D eigenvalue weighted by Gasteiger charge is 2.52. The average molecular weight is 524 g/mol. The summed E-state index contributed by atoms with van der Waals surface area (Å²) in [7, 11) is 1.56. The summed E-state index contributed by atoms with van der Waals surface area (Å²) >= 11 is 1.37. The van der Waals surface area contributed by atoms with Crippen molar-refractivity contribution < 1.29 is 34.4 Å². The molecule has 0 unspecified atom stereocenters. The number of carbonyl (C=O) groups excluding carboxylic acids is 2. The number of aliphatic hydroxyl groups is 3. The lowest BCUT2D eigenvalue weighted by Gasteiger charge is -2.45. The SMILES string of the molecule is COc1nc(/C=C(\C)[C@@H]2CC[C@@](C)(CO)CCC[C@@H]3C[C@@](C)(C(=O)[C@H](C)[C@H]3O)[C@@H](O)CC(=O)O2)cs1. The smallest absolute Gasteiger partial charge is 0.309 e. The van der Waals surface area contributed by atoms with Crippen LogP contribution in [0.3, 0.4) is 0 Å². The first-order valence-electron chi connectivity index (χ1n) is 12.8. The quantitative estimate of drug-likeness (QED) is 0.509. The van der Waals surface area contributed by atoms with Gasteiger partial charge in [0.05, 0.1) is 36.8 Å². The summed E-state index contributed by atoms with van der Waals surface area (Å²) in [5.41, 5.74) is -0.00357. The van der Waals surface area contributed by atoms with E-state index in [9.17, 15) is 24.9 Å². The minimum atomic E-state index is -1.20. The van der Waals surface area contributed by atoms with Gasteiger partial charge in [-0.1, -0.05) is 38.5 Å². The van der Waals surface area contributed by atoms with Gasteiger partial charge in [0, 0.05) is 17.9 Å². The van der Waals surface area contributed by atoms with E-state index in [0.717, 1.165) is 18.4 Å². The van der Waals surface area contributed by atoms with Gasteiger partial charge in [-0.25, -0.2) is 4.98 Å². The molecule has 7 atom stereocenters. The molecule has 1 aliphatic heterocycles. The van der Waals surface area contributed by atoms with Crippen molar-refractivity contribution in [3.63, 3.8) is 0 Å². The van der Waals surface area contributed by atoms with E-state index in [-0.39, 0.29) is 30.1 Å². The van der Waals surface area contributed by atoms with Crippen LogP contribution in [-0.2, 0) is 14.3 Å². The molecule has 202 valence electrons. The van der Waals surface area contributed by atoms with Crippen molar-refractivity contribution >= 4 is 29.2 Å². The van der Waals surface area contributed by atoms with E-state index in [0.29, 0.717) is 36.6 Å². The fourth-order valence-electron chi connectivity index (χ4n) is 5.70. The zero-order chi connectivity index (χ0) is 26.7. The van der Waals surface area contributed by atoms with Gasteiger partial charge in [-0.05, 0) is 62.0 Å². The molecule has 36 heavy (non-hydrogen) atoms. The molecule has 1 saturated carbocycles. The number of rotatable bonds is 4. The number of hydrogen-bond acceptors (Lipinski definition) is 9. The number of thiazole rings is 1. The molecule has 3 rings (SSSR count). The number of hydrogen-bond donors (Lipinski definition) is 3. The largest absolute Gasteiger partial charge is 0.473 e. The minimum Gasteiger partial charge on any atom is -0.473 e. The Bertz CT molecular complexity index is 962. The number of Topliss-reactive ketones (excluding diaryl/α,β-unsaturated/α-hetero) is 1. The van der Waals surface area contributed by atoms with Gasteiger partial charge in [0.2, 0.25) is 0 Å². The molecular formula is C27H41NO7S. The first-order valence-corrected chi connectivity index (χ1v) is 13.7. The number of ketones is 1. The van der Waals surface area contributed by atoms with Gasteiger partial charge in [-0.3, -0.25) is 9.59 Å². The lowest BCUT2D eigenvalue weighted by molar-refractivity contribution is -0.162. The second-order valence-corrected chi connectivity index (χ2v) is 12.1. The third-order valence-corrected chi connectivity index (χ3v) is 9.15. The van der Waals surface area contributed by atoms with Crippen LogP contribution in [-0.4, -0.2) is 64.1 Å². The number of cyclic esters (lactones) is 1. The number of aliphatic hydroxyl groups excluding tert-OH is 3. The Balaban J connectivity index is 1.89. The zero-order valence-corrected chi connectivity index (χ0v) is 22.8. The van der Waals surface area contributed by atoms with Gasteiger partial charge >= 0.3 is 5.97 Å². The molecule has 2 heterocycles. The number of methoxy groups -OCH3 is 1. The molecule has 2 bridgehead atoms. The maximum atomic E-state index is 13.1. The monoisotopic (exact) mass is 523 g/mol. The highest BCUT2D eigenvalue weighted by molar-refractivity contribution is 7.11. The van der Waals surface area contributed by atoms with Crippen LogP contribution >= 0.6 is 11.3 Å². The molecule has 9 heteroatoms. The fourth-order valence-corrected chi connectivity index (χ4v) is 6.30. The molecule has 1 saturated heterocycles. The Kier molecular flexibility index (Phi) is 9.36. The summed E-state index contributed by atoms with van der Waals surface area (Å²) in [5, 5.41) is 34.5. The molecule has 1 aliphatic carbocycles. The van der Waals surface area contributed by atoms with Gasteiger partial charge in [-0.2, -0.15) is 0 Å². The van der Waals surface area contributed by atoms with Crippen molar-refractivity contribution in [1.29, 1.82) is 0 Å². The molecule has 1 aromatic rings. The van der Waals surface area contributed by atoms with Gasteiger partial charge in [0.25, 0.3) is 5.19 Å². The van der Waals surface area contributed by atoms with E-state index in [1.165, 1.54) is 11.3 Å². The van der Waals surface area contributed by atoms with E-state index in [2.05, 4.69) is 4.98 Å². The molecule has 2 aliphatic rings. The summed E-state index contributed by atoms with van der Waals surface area (Å²) < 4.78 is 11.0. The Hall–Kier alpha value is -1.81. The van der Waals surface area contributed by atoms with E-state index in [1.807, 2.05) is 25.3 Å². The summed E-state index contributed by atoms with van der Waals surface area (Å²) in [4.78, 5) is 30.5. The Morgan fingerprint density at radius 2 is 2.00 bits per heavy atom. The van der Waals surface area contributed by atoms with E-state index in [4.69, 9.17) is 9.47 Å². The van der Waals surface area contributed by atoms with Crippen molar-refractivity contribution in [2.45, 2.75) is 91.0 Å². The molecule has 0 aromatic carbocycles. The first kappa shape index (κ1) is 28.8. The first-order chi connectivity index (χ1) is 16.9. The molecule has 0 spiro atoms. The van der Waals surface area contributed by atoms with Crippen LogP contribution in [0.4, 0.5) is 0 Å². The molecule has 1 aromatic heterocycles. The Morgan fingerprint density at radius 1 is 1.28 bits per heavy atom. The molecule has 0 amide bonds. The van der Waals surface area contributed by atoms with Crippen molar-refractivity contribution in [3.05, 3.63) is 16.6 Å². The molecule has 3 N–H and O–H groups in total. The van der Waals surface area contributed by atoms with Crippen LogP contribution in [0.1, 0.15) is 78.3 Å². The van der Waals surface area contributed by atoms with Gasteiger partial charge in [-0.15, -0.1) is 0 Å². The van der Waals surface area contributed by atoms with E-state index in [1.54, 1.807) is 21.0 Å². The highest BCUT2D eigenvalue weighted by Crippen LogP contribution is 2.45. The second-order valence-electron chi connectivity index (χ2n) is 11.3. The number of ether oxygens (including phenoxy) is 2. The summed E-state index contributed by atoms with van der Waals surface area (Å²) in [6, 6.07) is 0. The van der Waals surface area contributed by atoms with E-state index >= 15 is 0 Å². The molecule has 0 radical (unpaired) electrons.